The van der Waals surface area contributed by atoms with Gasteiger partial charge in [0.15, 0.2) is 0 Å². The highest BCUT2D eigenvalue weighted by molar-refractivity contribution is 7.17. The van der Waals surface area contributed by atoms with Crippen molar-refractivity contribution in [3.63, 3.8) is 0 Å². The lowest BCUT2D eigenvalue weighted by Gasteiger charge is -2.28. The SMILES string of the molecule is CCOc1ccc(-c2csc3nc(Cl)nc(N4CCOCC4)c23)cc1. The lowest BCUT2D eigenvalue weighted by Crippen LogP contribution is -2.37. The molecule has 7 heteroatoms. The first-order valence-electron chi connectivity index (χ1n) is 8.27. The normalized spacial score (nSPS) is 14.9. The molecule has 0 N–H and O–H groups in total. The molecular formula is C18H18ClN3O2S. The predicted molar refractivity (Wildman–Crippen MR) is 102 cm³/mol. The molecule has 1 aromatic carbocycles. The molecule has 130 valence electrons. The van der Waals surface area contributed by atoms with Gasteiger partial charge in [-0.25, -0.2) is 4.98 Å². The van der Waals surface area contributed by atoms with Gasteiger partial charge in [0.2, 0.25) is 5.28 Å². The number of halogens is 1. The number of aromatic nitrogens is 2. The Labute approximate surface area is 155 Å². The third-order valence-corrected chi connectivity index (χ3v) is 5.22. The average Bonchev–Trinajstić information content (AvgIpc) is 3.06. The molecule has 0 saturated carbocycles. The quantitative estimate of drug-likeness (QED) is 0.638. The summed E-state index contributed by atoms with van der Waals surface area (Å²) in [7, 11) is 0. The summed E-state index contributed by atoms with van der Waals surface area (Å²) in [5, 5.41) is 3.46. The molecule has 1 aliphatic rings. The maximum Gasteiger partial charge on any atom is 0.225 e. The van der Waals surface area contributed by atoms with Crippen LogP contribution in [0.15, 0.2) is 29.6 Å². The van der Waals surface area contributed by atoms with Crippen LogP contribution >= 0.6 is 22.9 Å². The van der Waals surface area contributed by atoms with E-state index < -0.39 is 0 Å². The molecule has 0 atom stereocenters. The Morgan fingerprint density at radius 1 is 1.20 bits per heavy atom. The number of morpholine rings is 1. The summed E-state index contributed by atoms with van der Waals surface area (Å²) in [4.78, 5) is 12.1. The van der Waals surface area contributed by atoms with Crippen molar-refractivity contribution in [2.75, 3.05) is 37.8 Å². The van der Waals surface area contributed by atoms with Crippen molar-refractivity contribution in [2.24, 2.45) is 0 Å². The van der Waals surface area contributed by atoms with Gasteiger partial charge in [0.25, 0.3) is 0 Å². The molecule has 3 heterocycles. The molecule has 4 rings (SSSR count). The van der Waals surface area contributed by atoms with Crippen LogP contribution in [0.3, 0.4) is 0 Å². The van der Waals surface area contributed by atoms with Crippen molar-refractivity contribution in [3.05, 3.63) is 34.9 Å². The average molecular weight is 376 g/mol. The van der Waals surface area contributed by atoms with Gasteiger partial charge < -0.3 is 14.4 Å². The number of anilines is 1. The smallest absolute Gasteiger partial charge is 0.225 e. The van der Waals surface area contributed by atoms with E-state index in [0.29, 0.717) is 19.8 Å². The van der Waals surface area contributed by atoms with Gasteiger partial charge in [-0.05, 0) is 36.2 Å². The summed E-state index contributed by atoms with van der Waals surface area (Å²) in [6.07, 6.45) is 0. The van der Waals surface area contributed by atoms with Crippen LogP contribution in [0.1, 0.15) is 6.92 Å². The zero-order valence-electron chi connectivity index (χ0n) is 13.9. The summed E-state index contributed by atoms with van der Waals surface area (Å²) >= 11 is 7.75. The number of hydrogen-bond donors (Lipinski definition) is 0. The largest absolute Gasteiger partial charge is 0.494 e. The van der Waals surface area contributed by atoms with E-state index >= 15 is 0 Å². The number of benzene rings is 1. The number of fused-ring (bicyclic) bond motifs is 1. The van der Waals surface area contributed by atoms with E-state index in [1.165, 1.54) is 0 Å². The van der Waals surface area contributed by atoms with Gasteiger partial charge in [0, 0.05) is 24.0 Å². The van der Waals surface area contributed by atoms with E-state index in [0.717, 1.165) is 46.0 Å². The third-order valence-electron chi connectivity index (χ3n) is 4.17. The standard InChI is InChI=1S/C18H18ClN3O2S/c1-2-24-13-5-3-12(4-6-13)14-11-25-17-15(14)16(20-18(19)21-17)22-7-9-23-10-8-22/h3-6,11H,2,7-10H2,1H3. The van der Waals surface area contributed by atoms with Crippen molar-refractivity contribution < 1.29 is 9.47 Å². The van der Waals surface area contributed by atoms with E-state index in [4.69, 9.17) is 21.1 Å². The number of rotatable bonds is 4. The molecule has 0 bridgehead atoms. The highest BCUT2D eigenvalue weighted by Gasteiger charge is 2.21. The summed E-state index contributed by atoms with van der Waals surface area (Å²) in [6, 6.07) is 8.13. The maximum absolute atomic E-state index is 6.16. The van der Waals surface area contributed by atoms with Crippen LogP contribution in [0.25, 0.3) is 21.3 Å². The van der Waals surface area contributed by atoms with Crippen molar-refractivity contribution in [3.8, 4) is 16.9 Å². The van der Waals surface area contributed by atoms with Gasteiger partial charge in [-0.1, -0.05) is 12.1 Å². The highest BCUT2D eigenvalue weighted by atomic mass is 35.5. The first kappa shape index (κ1) is 16.6. The Hall–Kier alpha value is -1.89. The van der Waals surface area contributed by atoms with E-state index in [2.05, 4.69) is 32.4 Å². The third kappa shape index (κ3) is 3.29. The molecule has 5 nitrogen and oxygen atoms in total. The molecule has 0 unspecified atom stereocenters. The Morgan fingerprint density at radius 3 is 2.68 bits per heavy atom. The molecule has 1 saturated heterocycles. The Bertz CT molecular complexity index is 876. The molecule has 25 heavy (non-hydrogen) atoms. The first-order valence-corrected chi connectivity index (χ1v) is 9.52. The fraction of sp³-hybridized carbons (Fsp3) is 0.333. The molecule has 0 amide bonds. The van der Waals surface area contributed by atoms with Gasteiger partial charge in [0.1, 0.15) is 16.4 Å². The molecule has 3 aromatic rings. The first-order chi connectivity index (χ1) is 12.3. The van der Waals surface area contributed by atoms with E-state index in [1.807, 2.05) is 19.1 Å². The monoisotopic (exact) mass is 375 g/mol. The summed E-state index contributed by atoms with van der Waals surface area (Å²) in [5.41, 5.74) is 2.25. The van der Waals surface area contributed by atoms with Crippen molar-refractivity contribution in [2.45, 2.75) is 6.92 Å². The topological polar surface area (TPSA) is 47.5 Å². The summed E-state index contributed by atoms with van der Waals surface area (Å²) in [5.74, 6) is 1.77. The molecule has 2 aromatic heterocycles. The second-order valence-electron chi connectivity index (χ2n) is 5.70. The number of thiophene rings is 1. The lowest BCUT2D eigenvalue weighted by atomic mass is 10.1. The Morgan fingerprint density at radius 2 is 1.96 bits per heavy atom. The van der Waals surface area contributed by atoms with Crippen molar-refractivity contribution in [1.29, 1.82) is 0 Å². The van der Waals surface area contributed by atoms with E-state index in [1.54, 1.807) is 11.3 Å². The second-order valence-corrected chi connectivity index (χ2v) is 6.90. The molecule has 1 aliphatic heterocycles. The maximum atomic E-state index is 6.16. The van der Waals surface area contributed by atoms with Crippen LogP contribution in [0.2, 0.25) is 5.28 Å². The zero-order chi connectivity index (χ0) is 17.2. The predicted octanol–water partition coefficient (Wildman–Crippen LogP) is 4.25. The minimum Gasteiger partial charge on any atom is -0.494 e. The molecule has 0 aliphatic carbocycles. The van der Waals surface area contributed by atoms with Crippen LogP contribution < -0.4 is 9.64 Å². The van der Waals surface area contributed by atoms with Gasteiger partial charge in [-0.3, -0.25) is 0 Å². The van der Waals surface area contributed by atoms with Crippen LogP contribution in [0, 0.1) is 0 Å². The zero-order valence-corrected chi connectivity index (χ0v) is 15.4. The van der Waals surface area contributed by atoms with Gasteiger partial charge in [0.05, 0.1) is 25.2 Å². The minimum absolute atomic E-state index is 0.286. The molecular weight excluding hydrogens is 358 g/mol. The minimum atomic E-state index is 0.286. The fourth-order valence-corrected chi connectivity index (χ4v) is 4.17. The molecule has 1 fully saturated rings. The van der Waals surface area contributed by atoms with E-state index in [-0.39, 0.29) is 5.28 Å². The highest BCUT2D eigenvalue weighted by Crippen LogP contribution is 2.39. The second kappa shape index (κ2) is 7.15. The van der Waals surface area contributed by atoms with Gasteiger partial charge in [-0.15, -0.1) is 11.3 Å². The van der Waals surface area contributed by atoms with Gasteiger partial charge >= 0.3 is 0 Å². The Balaban J connectivity index is 1.81. The van der Waals surface area contributed by atoms with Crippen molar-refractivity contribution in [1.82, 2.24) is 9.97 Å². The fourth-order valence-electron chi connectivity index (χ4n) is 3.01. The van der Waals surface area contributed by atoms with Crippen molar-refractivity contribution >= 4 is 39.0 Å². The van der Waals surface area contributed by atoms with Crippen LogP contribution in [-0.2, 0) is 4.74 Å². The number of nitrogens with zero attached hydrogens (tertiary/aromatic N) is 3. The molecule has 0 spiro atoms. The molecule has 0 radical (unpaired) electrons. The van der Waals surface area contributed by atoms with Crippen LogP contribution in [0.4, 0.5) is 5.82 Å². The lowest BCUT2D eigenvalue weighted by molar-refractivity contribution is 0.122. The summed E-state index contributed by atoms with van der Waals surface area (Å²) < 4.78 is 11.0. The number of hydrogen-bond acceptors (Lipinski definition) is 6. The van der Waals surface area contributed by atoms with E-state index in [9.17, 15) is 0 Å². The van der Waals surface area contributed by atoms with Crippen LogP contribution in [0.5, 0.6) is 5.75 Å². The number of ether oxygens (including phenoxy) is 2. The summed E-state index contributed by atoms with van der Waals surface area (Å²) in [6.45, 7) is 5.66. The van der Waals surface area contributed by atoms with Gasteiger partial charge in [-0.2, -0.15) is 4.98 Å². The van der Waals surface area contributed by atoms with Crippen LogP contribution in [-0.4, -0.2) is 42.9 Å². The Kier molecular flexibility index (Phi) is 4.74.